The van der Waals surface area contributed by atoms with E-state index in [1.165, 1.54) is 0 Å². The third-order valence-electron chi connectivity index (χ3n) is 3.03. The summed E-state index contributed by atoms with van der Waals surface area (Å²) in [5, 5.41) is 0.870. The third kappa shape index (κ3) is 3.79. The minimum absolute atomic E-state index is 0.0120. The summed E-state index contributed by atoms with van der Waals surface area (Å²) in [5.41, 5.74) is 0.764. The van der Waals surface area contributed by atoms with Crippen molar-refractivity contribution in [3.8, 4) is 0 Å². The fourth-order valence-corrected chi connectivity index (χ4v) is 3.52. The Balaban J connectivity index is 2.32. The smallest absolute Gasteiger partial charge is 0.285 e. The average molecular weight is 306 g/mol. The lowest BCUT2D eigenvalue weighted by Crippen LogP contribution is -2.53. The molecular weight excluding hydrogens is 282 g/mol. The van der Waals surface area contributed by atoms with Crippen molar-refractivity contribution in [1.82, 2.24) is 4.90 Å². The van der Waals surface area contributed by atoms with Gasteiger partial charge < -0.3 is 0 Å². The van der Waals surface area contributed by atoms with Gasteiger partial charge in [-0.25, -0.2) is 4.79 Å². The van der Waals surface area contributed by atoms with E-state index in [1.807, 2.05) is 54.0 Å². The molecule has 1 aromatic carbocycles. The van der Waals surface area contributed by atoms with Crippen LogP contribution in [0.4, 0.5) is 10.5 Å². The van der Waals surface area contributed by atoms with Crippen molar-refractivity contribution in [2.45, 2.75) is 46.2 Å². The molecule has 0 atom stereocenters. The fourth-order valence-electron chi connectivity index (χ4n) is 2.13. The van der Waals surface area contributed by atoms with E-state index in [9.17, 15) is 4.79 Å². The van der Waals surface area contributed by atoms with Crippen molar-refractivity contribution >= 4 is 28.6 Å². The minimum atomic E-state index is -0.176. The molecule has 1 aliphatic heterocycles. The third-order valence-corrected chi connectivity index (χ3v) is 4.05. The van der Waals surface area contributed by atoms with Crippen LogP contribution in [0.15, 0.2) is 35.3 Å². The van der Waals surface area contributed by atoms with Gasteiger partial charge in [0.05, 0.1) is 11.4 Å². The summed E-state index contributed by atoms with van der Waals surface area (Å²) in [6, 6.07) is 9.92. The van der Waals surface area contributed by atoms with Gasteiger partial charge in [0.15, 0.2) is 5.17 Å². The number of hydrogen-bond acceptors (Lipinski definition) is 2. The van der Waals surface area contributed by atoms with Gasteiger partial charge >= 0.3 is 6.03 Å². The first-order chi connectivity index (χ1) is 9.79. The summed E-state index contributed by atoms with van der Waals surface area (Å²) >= 11 is 1.06. The van der Waals surface area contributed by atoms with Gasteiger partial charge in [-0.05, 0) is 46.8 Å². The van der Waals surface area contributed by atoms with Crippen LogP contribution in [0, 0.1) is 0 Å². The van der Waals surface area contributed by atoms with Crippen LogP contribution in [0.5, 0.6) is 0 Å². The van der Waals surface area contributed by atoms with E-state index >= 15 is 0 Å². The van der Waals surface area contributed by atoms with Gasteiger partial charge in [-0.2, -0.15) is 0 Å². The predicted octanol–water partition coefficient (Wildman–Crippen LogP) is 3.91. The molecule has 1 aromatic rings. The summed E-state index contributed by atoms with van der Waals surface area (Å²) in [7, 11) is 0. The summed E-state index contributed by atoms with van der Waals surface area (Å²) in [6.07, 6.45) is 0. The molecule has 4 nitrogen and oxygen atoms in total. The quantitative estimate of drug-likeness (QED) is 0.826. The standard InChI is InChI=1S/C16H24N3OS/c1-12(2)19-14(17-16(3,4)5)21-11-18(15(19)20)13-9-7-6-8-10-13/h6-10,12,21H,11H2,1-5H3. The Hall–Kier alpha value is -1.49. The number of thiol groups is 1. The second kappa shape index (κ2) is 6.10. The van der Waals surface area contributed by atoms with Gasteiger partial charge in [0, 0.05) is 11.7 Å². The van der Waals surface area contributed by atoms with Gasteiger partial charge in [-0.15, -0.1) is 11.8 Å². The highest BCUT2D eigenvalue weighted by Gasteiger charge is 2.33. The lowest BCUT2D eigenvalue weighted by molar-refractivity contribution is 0.220. The molecule has 115 valence electrons. The first-order valence-electron chi connectivity index (χ1n) is 7.23. The molecule has 1 fully saturated rings. The molecule has 0 spiro atoms. The number of amidine groups is 1. The Labute approximate surface area is 131 Å². The van der Waals surface area contributed by atoms with Crippen molar-refractivity contribution in [3.63, 3.8) is 0 Å². The number of benzene rings is 1. The molecule has 2 rings (SSSR count). The van der Waals surface area contributed by atoms with Crippen LogP contribution in [0.1, 0.15) is 34.6 Å². The van der Waals surface area contributed by atoms with E-state index in [4.69, 9.17) is 4.99 Å². The zero-order chi connectivity index (χ0) is 15.6. The highest BCUT2D eigenvalue weighted by atomic mass is 32.2. The lowest BCUT2D eigenvalue weighted by atomic mass is 10.1. The average Bonchev–Trinajstić information content (AvgIpc) is 2.37. The highest BCUT2D eigenvalue weighted by molar-refractivity contribution is 8.14. The van der Waals surface area contributed by atoms with E-state index in [1.54, 1.807) is 0 Å². The van der Waals surface area contributed by atoms with E-state index in [0.717, 1.165) is 22.6 Å². The van der Waals surface area contributed by atoms with Gasteiger partial charge in [-0.3, -0.25) is 14.8 Å². The molecule has 0 aliphatic carbocycles. The number of aliphatic imine (C=N–C) groups is 1. The van der Waals surface area contributed by atoms with Crippen LogP contribution in [-0.4, -0.2) is 33.6 Å². The maximum atomic E-state index is 12.8. The number of urea groups is 1. The second-order valence-corrected chi connectivity index (χ2v) is 7.39. The van der Waals surface area contributed by atoms with Crippen LogP contribution in [0.2, 0.25) is 0 Å². The summed E-state index contributed by atoms with van der Waals surface area (Å²) in [4.78, 5) is 21.2. The molecule has 0 saturated carbocycles. The maximum absolute atomic E-state index is 12.8. The first-order valence-corrected chi connectivity index (χ1v) is 8.31. The number of anilines is 1. The number of carbonyl (C=O) groups excluding carboxylic acids is 1. The molecule has 1 radical (unpaired) electrons. The molecule has 1 saturated heterocycles. The monoisotopic (exact) mass is 306 g/mol. The SMILES string of the molecule is CC(C)N1C(=O)N(c2ccccc2)C[SH]C1=NC(C)(C)C. The molecule has 0 bridgehead atoms. The minimum Gasteiger partial charge on any atom is -0.285 e. The number of nitrogens with zero attached hydrogens (tertiary/aromatic N) is 3. The number of carbonyl (C=O) groups is 1. The van der Waals surface area contributed by atoms with Crippen LogP contribution < -0.4 is 4.90 Å². The maximum Gasteiger partial charge on any atom is 0.331 e. The molecule has 21 heavy (non-hydrogen) atoms. The Morgan fingerprint density at radius 3 is 2.33 bits per heavy atom. The van der Waals surface area contributed by atoms with Crippen LogP contribution >= 0.6 is 11.8 Å². The highest BCUT2D eigenvalue weighted by Crippen LogP contribution is 2.29. The zero-order valence-electron chi connectivity index (χ0n) is 13.4. The van der Waals surface area contributed by atoms with Crippen molar-refractivity contribution in [3.05, 3.63) is 30.3 Å². The second-order valence-electron chi connectivity index (χ2n) is 6.39. The summed E-state index contributed by atoms with van der Waals surface area (Å²) in [6.45, 7) is 10.2. The molecule has 0 aromatic heterocycles. The molecule has 5 heteroatoms. The summed E-state index contributed by atoms with van der Waals surface area (Å²) in [5.74, 6) is 0.654. The molecule has 1 aliphatic rings. The molecular formula is C16H24N3OS. The predicted molar refractivity (Wildman–Crippen MR) is 92.3 cm³/mol. The van der Waals surface area contributed by atoms with Crippen LogP contribution in [0.25, 0.3) is 0 Å². The Kier molecular flexibility index (Phi) is 4.61. The van der Waals surface area contributed by atoms with Gasteiger partial charge in [0.25, 0.3) is 0 Å². The van der Waals surface area contributed by atoms with Crippen molar-refractivity contribution in [2.24, 2.45) is 4.99 Å². The van der Waals surface area contributed by atoms with E-state index in [2.05, 4.69) is 20.8 Å². The number of hydrogen-bond donors (Lipinski definition) is 1. The largest absolute Gasteiger partial charge is 0.331 e. The van der Waals surface area contributed by atoms with E-state index in [-0.39, 0.29) is 17.6 Å². The van der Waals surface area contributed by atoms with Crippen molar-refractivity contribution in [1.29, 1.82) is 0 Å². The fraction of sp³-hybridized carbons (Fsp3) is 0.500. The topological polar surface area (TPSA) is 35.9 Å². The normalized spacial score (nSPS) is 18.8. The van der Waals surface area contributed by atoms with E-state index in [0.29, 0.717) is 5.88 Å². The Morgan fingerprint density at radius 2 is 1.81 bits per heavy atom. The molecule has 0 N–H and O–H groups in total. The Bertz CT molecular complexity index is 534. The van der Waals surface area contributed by atoms with Gasteiger partial charge in [-0.1, -0.05) is 18.2 Å². The van der Waals surface area contributed by atoms with Crippen molar-refractivity contribution < 1.29 is 4.79 Å². The Morgan fingerprint density at radius 1 is 1.19 bits per heavy atom. The molecule has 2 amide bonds. The molecule has 0 unspecified atom stereocenters. The van der Waals surface area contributed by atoms with Crippen molar-refractivity contribution in [2.75, 3.05) is 10.8 Å². The lowest BCUT2D eigenvalue weighted by Gasteiger charge is -2.39. The van der Waals surface area contributed by atoms with E-state index < -0.39 is 0 Å². The number of rotatable bonds is 2. The van der Waals surface area contributed by atoms with Gasteiger partial charge in [0.1, 0.15) is 0 Å². The molecule has 1 heterocycles. The summed E-state index contributed by atoms with van der Waals surface area (Å²) < 4.78 is 0. The number of amides is 2. The van der Waals surface area contributed by atoms with Gasteiger partial charge in [0.2, 0.25) is 0 Å². The van der Waals surface area contributed by atoms with Crippen LogP contribution in [0.3, 0.4) is 0 Å². The van der Waals surface area contributed by atoms with Crippen LogP contribution in [-0.2, 0) is 0 Å². The number of para-hydroxylation sites is 1. The first kappa shape index (κ1) is 15.9. The zero-order valence-corrected chi connectivity index (χ0v) is 14.3.